The molecule has 0 atom stereocenters. The number of anilines is 6. The van der Waals surface area contributed by atoms with Gasteiger partial charge >= 0.3 is 0 Å². The summed E-state index contributed by atoms with van der Waals surface area (Å²) in [7, 11) is 0. The Morgan fingerprint density at radius 2 is 0.636 bits per heavy atom. The van der Waals surface area contributed by atoms with Gasteiger partial charge in [0.2, 0.25) is 0 Å². The Morgan fingerprint density at radius 3 is 1.17 bits per heavy atom. The molecule has 0 aliphatic rings. The molecule has 0 N–H and O–H groups in total. The molecule has 4 heteroatoms. The molecular formula is C62H40N2OS. The monoisotopic (exact) mass is 860 g/mol. The van der Waals surface area contributed by atoms with Gasteiger partial charge in [-0.15, -0.1) is 11.3 Å². The van der Waals surface area contributed by atoms with Gasteiger partial charge in [-0.05, 0) is 153 Å². The Balaban J connectivity index is 0.864. The first-order valence-corrected chi connectivity index (χ1v) is 23.2. The predicted molar refractivity (Wildman–Crippen MR) is 282 cm³/mol. The smallest absolute Gasteiger partial charge is 0.136 e. The van der Waals surface area contributed by atoms with Crippen LogP contribution in [0.3, 0.4) is 0 Å². The number of fused-ring (bicyclic) bond motifs is 8. The fraction of sp³-hybridized carbons (Fsp3) is 0. The van der Waals surface area contributed by atoms with E-state index in [2.05, 4.69) is 252 Å². The lowest BCUT2D eigenvalue weighted by atomic mass is 10.0. The van der Waals surface area contributed by atoms with Crippen molar-refractivity contribution in [1.82, 2.24) is 0 Å². The second-order valence-corrected chi connectivity index (χ2v) is 18.1. The molecule has 13 aromatic rings. The van der Waals surface area contributed by atoms with Crippen molar-refractivity contribution in [1.29, 1.82) is 0 Å². The van der Waals surface area contributed by atoms with Crippen molar-refractivity contribution in [3.63, 3.8) is 0 Å². The fourth-order valence-corrected chi connectivity index (χ4v) is 10.8. The van der Waals surface area contributed by atoms with Crippen molar-refractivity contribution in [3.05, 3.63) is 243 Å². The maximum atomic E-state index is 6.71. The molecule has 0 bridgehead atoms. The summed E-state index contributed by atoms with van der Waals surface area (Å²) in [6, 6.07) is 87.5. The maximum absolute atomic E-state index is 6.71. The average molecular weight is 861 g/mol. The van der Waals surface area contributed by atoms with Crippen LogP contribution in [0.2, 0.25) is 0 Å². The van der Waals surface area contributed by atoms with Crippen LogP contribution < -0.4 is 9.80 Å². The Bertz CT molecular complexity index is 3640. The van der Waals surface area contributed by atoms with E-state index in [0.29, 0.717) is 0 Å². The van der Waals surface area contributed by atoms with Gasteiger partial charge in [-0.1, -0.05) is 133 Å². The summed E-state index contributed by atoms with van der Waals surface area (Å²) in [4.78, 5) is 4.67. The van der Waals surface area contributed by atoms with Crippen molar-refractivity contribution >= 4 is 109 Å². The zero-order valence-corrected chi connectivity index (χ0v) is 36.6. The second-order valence-electron chi connectivity index (χ2n) is 17.0. The maximum Gasteiger partial charge on any atom is 0.136 e. The van der Waals surface area contributed by atoms with Crippen molar-refractivity contribution < 1.29 is 4.42 Å². The third-order valence-corrected chi connectivity index (χ3v) is 14.1. The molecule has 0 saturated heterocycles. The van der Waals surface area contributed by atoms with Gasteiger partial charge in [0.1, 0.15) is 11.2 Å². The van der Waals surface area contributed by atoms with Crippen molar-refractivity contribution in [3.8, 4) is 22.3 Å². The SMILES string of the molecule is c1ccc(-c2ccc(N(c3ccccc3)c3ccc4cc5c(cc4c3)oc3cc4sc6cc7cc(N(c8ccccc8)c8ccc(-c9ccccc9)cc8)ccc7cc6c4cc35)cc2)cc1. The molecule has 13 rings (SSSR count). The molecule has 0 spiro atoms. The highest BCUT2D eigenvalue weighted by atomic mass is 32.1. The van der Waals surface area contributed by atoms with E-state index >= 15 is 0 Å². The molecule has 0 aliphatic carbocycles. The number of para-hydroxylation sites is 2. The molecular weight excluding hydrogens is 821 g/mol. The highest BCUT2D eigenvalue weighted by molar-refractivity contribution is 7.26. The first-order valence-electron chi connectivity index (χ1n) is 22.4. The average Bonchev–Trinajstić information content (AvgIpc) is 3.91. The quantitative estimate of drug-likeness (QED) is 0.152. The highest BCUT2D eigenvalue weighted by Gasteiger charge is 2.18. The topological polar surface area (TPSA) is 19.6 Å². The zero-order chi connectivity index (χ0) is 43.6. The molecule has 310 valence electrons. The summed E-state index contributed by atoms with van der Waals surface area (Å²) >= 11 is 1.83. The minimum atomic E-state index is 0.894. The van der Waals surface area contributed by atoms with E-state index in [1.807, 2.05) is 11.3 Å². The van der Waals surface area contributed by atoms with Crippen LogP contribution in [-0.4, -0.2) is 0 Å². The molecule has 2 heterocycles. The summed E-state index contributed by atoms with van der Waals surface area (Å²) in [6.07, 6.45) is 0. The minimum absolute atomic E-state index is 0.894. The zero-order valence-electron chi connectivity index (χ0n) is 35.8. The lowest BCUT2D eigenvalue weighted by Crippen LogP contribution is -2.09. The van der Waals surface area contributed by atoms with Crippen LogP contribution in [0.25, 0.3) is 85.9 Å². The van der Waals surface area contributed by atoms with Gasteiger partial charge < -0.3 is 14.2 Å². The van der Waals surface area contributed by atoms with Crippen LogP contribution in [-0.2, 0) is 0 Å². The van der Waals surface area contributed by atoms with E-state index in [0.717, 1.165) is 61.4 Å². The molecule has 66 heavy (non-hydrogen) atoms. The van der Waals surface area contributed by atoms with E-state index in [-0.39, 0.29) is 0 Å². The number of hydrogen-bond acceptors (Lipinski definition) is 4. The van der Waals surface area contributed by atoms with Crippen LogP contribution in [0.15, 0.2) is 247 Å². The van der Waals surface area contributed by atoms with Gasteiger partial charge in [-0.25, -0.2) is 0 Å². The molecule has 3 nitrogen and oxygen atoms in total. The molecule has 11 aromatic carbocycles. The van der Waals surface area contributed by atoms with Crippen molar-refractivity contribution in [2.45, 2.75) is 0 Å². The summed E-state index contributed by atoms with van der Waals surface area (Å²) in [6.45, 7) is 0. The predicted octanol–water partition coefficient (Wildman–Crippen LogP) is 18.5. The summed E-state index contributed by atoms with van der Waals surface area (Å²) in [5.41, 5.74) is 13.3. The number of furan rings is 1. The molecule has 0 unspecified atom stereocenters. The first kappa shape index (κ1) is 38.1. The Kier molecular flexibility index (Phi) is 9.03. The van der Waals surface area contributed by atoms with E-state index in [4.69, 9.17) is 4.42 Å². The molecule has 0 radical (unpaired) electrons. The molecule has 2 aromatic heterocycles. The number of thiophene rings is 1. The van der Waals surface area contributed by atoms with E-state index in [1.165, 1.54) is 58.6 Å². The Hall–Kier alpha value is -8.44. The van der Waals surface area contributed by atoms with Gasteiger partial charge in [0.25, 0.3) is 0 Å². The summed E-state index contributed by atoms with van der Waals surface area (Å²) in [5.74, 6) is 0. The van der Waals surface area contributed by atoms with Gasteiger partial charge in [-0.2, -0.15) is 0 Å². The standard InChI is InChI=1S/C62H40N2OS/c1-5-13-41(14-6-1)43-21-27-51(28-22-43)63(49-17-9-3-10-18-49)53-31-25-45-35-55-56-39-58-57-36-46-26-32-54(34-48(46)38-61(57)66-62(58)40-60(56)65-59(55)37-47(45)33-53)64(50-19-11-4-12-20-50)52-29-23-44(24-30-52)42-15-7-2-8-16-42/h1-40H. The van der Waals surface area contributed by atoms with E-state index in [9.17, 15) is 0 Å². The Morgan fingerprint density at radius 1 is 0.258 bits per heavy atom. The third kappa shape index (κ3) is 6.66. The third-order valence-electron chi connectivity index (χ3n) is 13.0. The van der Waals surface area contributed by atoms with Crippen molar-refractivity contribution in [2.75, 3.05) is 9.80 Å². The van der Waals surface area contributed by atoms with Crippen LogP contribution in [0.5, 0.6) is 0 Å². The van der Waals surface area contributed by atoms with E-state index < -0.39 is 0 Å². The number of benzene rings is 11. The van der Waals surface area contributed by atoms with Gasteiger partial charge in [0.15, 0.2) is 0 Å². The number of hydrogen-bond donors (Lipinski definition) is 0. The molecule has 0 aliphatic heterocycles. The number of rotatable bonds is 8. The lowest BCUT2D eigenvalue weighted by molar-refractivity contribution is 0.670. The normalized spacial score (nSPS) is 11.6. The Labute approximate surface area is 386 Å². The van der Waals surface area contributed by atoms with Crippen LogP contribution >= 0.6 is 11.3 Å². The van der Waals surface area contributed by atoms with E-state index in [1.54, 1.807) is 0 Å². The lowest BCUT2D eigenvalue weighted by Gasteiger charge is -2.26. The van der Waals surface area contributed by atoms with Crippen LogP contribution in [0.1, 0.15) is 0 Å². The van der Waals surface area contributed by atoms with Crippen molar-refractivity contribution in [2.24, 2.45) is 0 Å². The second kappa shape index (κ2) is 15.7. The van der Waals surface area contributed by atoms with Crippen LogP contribution in [0, 0.1) is 0 Å². The largest absolute Gasteiger partial charge is 0.456 e. The summed E-state index contributed by atoms with van der Waals surface area (Å²) < 4.78 is 9.20. The molecule has 0 amide bonds. The number of nitrogens with zero attached hydrogens (tertiary/aromatic N) is 2. The van der Waals surface area contributed by atoms with Gasteiger partial charge in [0.05, 0.1) is 0 Å². The first-order chi connectivity index (χ1) is 32.7. The molecule has 0 saturated carbocycles. The molecule has 0 fully saturated rings. The minimum Gasteiger partial charge on any atom is -0.456 e. The van der Waals surface area contributed by atoms with Gasteiger partial charge in [0, 0.05) is 65.1 Å². The van der Waals surface area contributed by atoms with Crippen LogP contribution in [0.4, 0.5) is 34.1 Å². The summed E-state index contributed by atoms with van der Waals surface area (Å²) in [5, 5.41) is 9.53. The fourth-order valence-electron chi connectivity index (χ4n) is 9.70. The highest BCUT2D eigenvalue weighted by Crippen LogP contribution is 2.44. The van der Waals surface area contributed by atoms with Gasteiger partial charge in [-0.3, -0.25) is 0 Å².